The Morgan fingerprint density at radius 2 is 0.901 bits per heavy atom. The molecule has 2 fully saturated rings. The number of hydrogen-bond donors (Lipinski definition) is 12. The molecule has 596 valence electrons. The number of nitrogens with zero attached hydrogens (tertiary/aromatic N) is 6. The van der Waals surface area contributed by atoms with Crippen molar-refractivity contribution in [1.82, 2.24) is 26.6 Å². The number of non-ortho nitro benzene ring substituents is 2. The number of hydrogen-bond acceptors (Lipinski definition) is 32. The maximum Gasteiger partial charge on any atom is 0.364 e. The number of carboxylic acids is 1. The highest BCUT2D eigenvalue weighted by Gasteiger charge is 2.56. The predicted octanol–water partition coefficient (Wildman–Crippen LogP) is 2.73. The van der Waals surface area contributed by atoms with Crippen molar-refractivity contribution in [3.8, 4) is 22.3 Å². The van der Waals surface area contributed by atoms with Crippen LogP contribution in [0.2, 0.25) is 0 Å². The van der Waals surface area contributed by atoms with Gasteiger partial charge in [0.25, 0.3) is 57.6 Å². The Morgan fingerprint density at radius 1 is 0.514 bits per heavy atom. The number of aliphatic carboxylic acids is 1. The van der Waals surface area contributed by atoms with Crippen molar-refractivity contribution in [2.45, 2.75) is 125 Å². The molecule has 0 bridgehead atoms. The van der Waals surface area contributed by atoms with Gasteiger partial charge in [-0.1, -0.05) is 12.1 Å². The molecule has 0 aromatic heterocycles. The van der Waals surface area contributed by atoms with E-state index in [0.29, 0.717) is 47.1 Å². The van der Waals surface area contributed by atoms with E-state index in [1.54, 1.807) is 0 Å². The molecule has 2 saturated heterocycles. The molecule has 12 N–H and O–H groups in total. The number of amides is 5. The highest BCUT2D eigenvalue weighted by atomic mass is 32.2. The summed E-state index contributed by atoms with van der Waals surface area (Å²) in [5.41, 5.74) is -6.36. The molecule has 5 amide bonds. The van der Waals surface area contributed by atoms with Crippen LogP contribution in [0.4, 0.5) is 34.1 Å². The lowest BCUT2D eigenvalue weighted by molar-refractivity contribution is -0.394. The number of aldehydes is 1. The van der Waals surface area contributed by atoms with Crippen LogP contribution in [0.3, 0.4) is 0 Å². The van der Waals surface area contributed by atoms with Gasteiger partial charge < -0.3 is 81.3 Å². The van der Waals surface area contributed by atoms with Crippen molar-refractivity contribution in [2.75, 3.05) is 55.9 Å². The maximum atomic E-state index is 13.3. The summed E-state index contributed by atoms with van der Waals surface area (Å²) in [5.74, 6) is -9.22. The molecule has 0 radical (unpaired) electrons. The summed E-state index contributed by atoms with van der Waals surface area (Å²) in [4.78, 5) is 167. The third-order valence-corrected chi connectivity index (χ3v) is 19.6. The van der Waals surface area contributed by atoms with Crippen LogP contribution < -0.4 is 26.6 Å². The molecular weight excluding hydrogens is 1520 g/mol. The molecule has 2 heterocycles. The van der Waals surface area contributed by atoms with E-state index in [-0.39, 0.29) is 78.9 Å². The van der Waals surface area contributed by atoms with E-state index in [9.17, 15) is 135 Å². The molecular formula is C67H75N11O31S2. The van der Waals surface area contributed by atoms with Crippen LogP contribution in [0, 0.1) is 60.7 Å². The Labute approximate surface area is 634 Å². The third kappa shape index (κ3) is 22.8. The van der Waals surface area contributed by atoms with Gasteiger partial charge in [0.2, 0.25) is 17.6 Å². The topological polar surface area (TPSA) is 634 Å². The van der Waals surface area contributed by atoms with Gasteiger partial charge in [-0.3, -0.25) is 94.2 Å². The van der Waals surface area contributed by atoms with Crippen molar-refractivity contribution in [2.24, 2.45) is 0 Å². The van der Waals surface area contributed by atoms with Crippen molar-refractivity contribution in [3.05, 3.63) is 180 Å². The number of carbonyl (C=O) groups is 8. The highest BCUT2D eigenvalue weighted by Crippen LogP contribution is 2.42. The molecule has 0 saturated carbocycles. The van der Waals surface area contributed by atoms with Crippen LogP contribution >= 0.6 is 23.5 Å². The first-order valence-corrected chi connectivity index (χ1v) is 35.9. The predicted molar refractivity (Wildman–Crippen MR) is 386 cm³/mol. The van der Waals surface area contributed by atoms with Gasteiger partial charge in [-0.05, 0) is 85.1 Å². The molecule has 44 heteroatoms. The Balaban J connectivity index is 0.804. The minimum absolute atomic E-state index is 0.120. The van der Waals surface area contributed by atoms with Gasteiger partial charge in [-0.25, -0.2) is 4.79 Å². The Bertz CT molecular complexity index is 4350. The van der Waals surface area contributed by atoms with Gasteiger partial charge in [-0.15, -0.1) is 0 Å². The minimum Gasteiger partial charge on any atom is -0.477 e. The Kier molecular flexibility index (Phi) is 31.1. The zero-order valence-corrected chi connectivity index (χ0v) is 60.3. The largest absolute Gasteiger partial charge is 0.477 e. The summed E-state index contributed by atoms with van der Waals surface area (Å²) in [5, 5.41) is 160. The molecule has 0 unspecified atom stereocenters. The number of benzene rings is 5. The van der Waals surface area contributed by atoms with Gasteiger partial charge in [0.1, 0.15) is 24.4 Å². The van der Waals surface area contributed by atoms with Gasteiger partial charge in [-0.2, -0.15) is 23.5 Å². The minimum atomic E-state index is -2.65. The fourth-order valence-corrected chi connectivity index (χ4v) is 13.5. The number of nitro benzene ring substituents is 6. The zero-order valence-electron chi connectivity index (χ0n) is 58.6. The zero-order chi connectivity index (χ0) is 81.8. The molecule has 5 aromatic rings. The maximum absolute atomic E-state index is 13.3. The molecule has 0 aliphatic carbocycles. The lowest BCUT2D eigenvalue weighted by Crippen LogP contribution is -2.68. The SMILES string of the molecule is CC(=O)N[C@H]1[C@H]([C@H](O)[C@H](O)CNC(=O)c2ccc(-c3ccc([N+](=O)[O-])cc3[N+](=O)[O-])c([N+](=O)[O-])c2)O[C@](C=O)(OCCCSCCNC(=O)c2ccc(C(=O)CCCSCCCO[C@]3(C(=O)O)C[C@H](O)[C@@H](NC(C)=O)[C@H]([C@H](O)[C@H](O)CNC(=O)c4ccc(-c5ccc([N+](=O)[O-])cc5[N+](=O)[O-])c([N+](=O)[O-])c4)O3)cc2)C[C@@H]1O. The average Bonchev–Trinajstić information content (AvgIpc) is 0.785. The quantitative estimate of drug-likeness (QED) is 0.00880. The fraction of sp³-hybridized carbons (Fsp3) is 0.433. The molecule has 5 aromatic carbocycles. The smallest absolute Gasteiger partial charge is 0.364 e. The van der Waals surface area contributed by atoms with Crippen molar-refractivity contribution in [3.63, 3.8) is 0 Å². The molecule has 111 heavy (non-hydrogen) atoms. The number of thioether (sulfide) groups is 2. The number of carbonyl (C=O) groups excluding carboxylic acids is 7. The molecule has 12 atom stereocenters. The first-order chi connectivity index (χ1) is 52.5. The number of aliphatic hydroxyl groups is 6. The number of ether oxygens (including phenoxy) is 4. The first kappa shape index (κ1) is 87.2. The van der Waals surface area contributed by atoms with Crippen LogP contribution in [0.5, 0.6) is 0 Å². The van der Waals surface area contributed by atoms with E-state index in [1.807, 2.05) is 0 Å². The van der Waals surface area contributed by atoms with E-state index in [4.69, 9.17) is 18.9 Å². The number of ketones is 1. The monoisotopic (exact) mass is 1590 g/mol. The summed E-state index contributed by atoms with van der Waals surface area (Å²) in [6.45, 7) is 0.247. The summed E-state index contributed by atoms with van der Waals surface area (Å²) in [7, 11) is 0. The normalized spacial score (nSPS) is 20.5. The van der Waals surface area contributed by atoms with Crippen molar-refractivity contribution < 1.29 is 123 Å². The lowest BCUT2D eigenvalue weighted by atomic mass is 9.88. The van der Waals surface area contributed by atoms with E-state index in [2.05, 4.69) is 26.6 Å². The van der Waals surface area contributed by atoms with E-state index in [1.165, 1.54) is 47.8 Å². The molecule has 42 nitrogen and oxygen atoms in total. The second kappa shape index (κ2) is 39.5. The van der Waals surface area contributed by atoms with Crippen LogP contribution in [0.15, 0.2) is 97.1 Å². The number of nitrogens with one attached hydrogen (secondary N) is 5. The van der Waals surface area contributed by atoms with Crippen LogP contribution in [-0.2, 0) is 38.1 Å². The number of nitro groups is 6. The van der Waals surface area contributed by atoms with E-state index in [0.717, 1.165) is 74.5 Å². The second-order valence-corrected chi connectivity index (χ2v) is 27.5. The van der Waals surface area contributed by atoms with Crippen molar-refractivity contribution in [1.29, 1.82) is 0 Å². The number of carboxylic acid groups (broad SMARTS) is 1. The highest BCUT2D eigenvalue weighted by molar-refractivity contribution is 7.99. The first-order valence-electron chi connectivity index (χ1n) is 33.6. The number of aliphatic hydroxyl groups excluding tert-OH is 6. The van der Waals surface area contributed by atoms with E-state index < -0.39 is 209 Å². The van der Waals surface area contributed by atoms with Crippen molar-refractivity contribution >= 4 is 105 Å². The molecule has 2 aliphatic rings. The summed E-state index contributed by atoms with van der Waals surface area (Å²) < 4.78 is 23.1. The molecule has 0 spiro atoms. The summed E-state index contributed by atoms with van der Waals surface area (Å²) in [6, 6.07) is 13.4. The van der Waals surface area contributed by atoms with Crippen LogP contribution in [0.25, 0.3) is 22.3 Å². The Morgan fingerprint density at radius 3 is 1.33 bits per heavy atom. The molecule has 2 aliphatic heterocycles. The van der Waals surface area contributed by atoms with Gasteiger partial charge >= 0.3 is 5.97 Å². The van der Waals surface area contributed by atoms with Crippen LogP contribution in [0.1, 0.15) is 93.8 Å². The second-order valence-electron chi connectivity index (χ2n) is 25.1. The number of Topliss-reactive ketones (excluding diaryl/α,β-unsaturated/α-hetero) is 1. The van der Waals surface area contributed by atoms with Gasteiger partial charge in [0.05, 0.1) is 114 Å². The van der Waals surface area contributed by atoms with Gasteiger partial charge in [0, 0.05) is 105 Å². The fourth-order valence-electron chi connectivity index (χ4n) is 11.9. The summed E-state index contributed by atoms with van der Waals surface area (Å²) >= 11 is 2.78. The van der Waals surface area contributed by atoms with E-state index >= 15 is 0 Å². The average molecular weight is 1590 g/mol. The van der Waals surface area contributed by atoms with Crippen LogP contribution in [-0.4, -0.2) is 241 Å². The third-order valence-electron chi connectivity index (χ3n) is 17.3. The van der Waals surface area contributed by atoms with Gasteiger partial charge in [0.15, 0.2) is 12.1 Å². The molecule has 7 rings (SSSR count). The lowest BCUT2D eigenvalue weighted by Gasteiger charge is -2.46. The standard InChI is InChI=1S/C67H75N11O31S2/c1-35(80)71-56-52(83)30-66(34-79,108-60(56)58(87)54(85)32-69-63(90)39-11-15-43(47(26-39)75(98)99)45-17-13-41(73(94)95)28-49(45)77(102)103)106-20-4-24-111-25-19-68-62(89)38-9-7-37(8-10-38)51(82)6-3-22-110-23-5-21-107-67(65(92)93)31-53(84)57(72-36(2)81)61(109-67)59(88)55(86)33-70-64(91)40-12-16-44(48(27-40)76(100)101)46-18-14-42(74(96)97)29-50(46)78(104)105/h7-18,26-29,34,52-61,83-88H,3-6,19-25,30-33H2,1-2H3,(H,68,89)(H,69,90)(H,70,91)(H,71,80)(H,72,81)(H,92,93)/t52-,53-,54+,55+,56+,57+,58+,59+,60+,61+,66+,67+/m0/s1. The number of rotatable bonds is 41. The summed E-state index contributed by atoms with van der Waals surface area (Å²) in [6.07, 6.45) is -15.4. The Hall–Kier alpha value is -11.0.